The van der Waals surface area contributed by atoms with Gasteiger partial charge in [0.25, 0.3) is 11.6 Å². The van der Waals surface area contributed by atoms with Gasteiger partial charge < -0.3 is 9.47 Å². The highest BCUT2D eigenvalue weighted by Gasteiger charge is 2.09. The van der Waals surface area contributed by atoms with E-state index in [4.69, 9.17) is 21.1 Å². The molecule has 3 rings (SSSR count). The summed E-state index contributed by atoms with van der Waals surface area (Å²) in [6.45, 7) is 0.286. The minimum Gasteiger partial charge on any atom is -0.493 e. The Balaban J connectivity index is 1.62. The van der Waals surface area contributed by atoms with E-state index >= 15 is 0 Å². The molecule has 0 spiro atoms. The van der Waals surface area contributed by atoms with Crippen LogP contribution in [-0.4, -0.2) is 24.2 Å². The van der Waals surface area contributed by atoms with Crippen molar-refractivity contribution in [2.45, 2.75) is 6.61 Å². The van der Waals surface area contributed by atoms with Crippen molar-refractivity contribution >= 4 is 29.4 Å². The van der Waals surface area contributed by atoms with E-state index < -0.39 is 10.8 Å². The van der Waals surface area contributed by atoms with Gasteiger partial charge in [-0.2, -0.15) is 5.10 Å². The van der Waals surface area contributed by atoms with E-state index in [1.807, 2.05) is 18.2 Å². The molecule has 8 nitrogen and oxygen atoms in total. The number of nitro benzene ring substituents is 1. The Hall–Kier alpha value is -3.91. The Kier molecular flexibility index (Phi) is 7.18. The molecule has 0 radical (unpaired) electrons. The van der Waals surface area contributed by atoms with Gasteiger partial charge in [-0.1, -0.05) is 29.8 Å². The number of nitrogens with zero attached hydrogens (tertiary/aromatic N) is 2. The number of nitrogens with one attached hydrogen (secondary N) is 1. The van der Waals surface area contributed by atoms with Gasteiger partial charge in [0.2, 0.25) is 0 Å². The van der Waals surface area contributed by atoms with Crippen molar-refractivity contribution in [3.05, 3.63) is 98.6 Å². The second kappa shape index (κ2) is 10.2. The molecule has 0 unspecified atom stereocenters. The number of rotatable bonds is 8. The number of carbonyl (C=O) groups excluding carboxylic acids is 1. The molecule has 0 atom stereocenters. The quantitative estimate of drug-likeness (QED) is 0.314. The Bertz CT molecular complexity index is 1120. The number of amides is 1. The first-order valence-corrected chi connectivity index (χ1v) is 9.48. The van der Waals surface area contributed by atoms with Gasteiger partial charge in [0.1, 0.15) is 6.61 Å². The lowest BCUT2D eigenvalue weighted by atomic mass is 10.2. The van der Waals surface area contributed by atoms with Crippen LogP contribution in [0.25, 0.3) is 0 Å². The van der Waals surface area contributed by atoms with Crippen LogP contribution in [0.5, 0.6) is 11.5 Å². The van der Waals surface area contributed by atoms with Crippen LogP contribution in [0, 0.1) is 10.1 Å². The molecule has 0 saturated heterocycles. The first kappa shape index (κ1) is 21.8. The molecule has 3 aromatic carbocycles. The highest BCUT2D eigenvalue weighted by Crippen LogP contribution is 2.29. The summed E-state index contributed by atoms with van der Waals surface area (Å²) in [5, 5.41) is 15.2. The zero-order valence-corrected chi connectivity index (χ0v) is 17.2. The van der Waals surface area contributed by atoms with E-state index in [1.54, 1.807) is 24.3 Å². The van der Waals surface area contributed by atoms with Crippen molar-refractivity contribution in [2.24, 2.45) is 5.10 Å². The van der Waals surface area contributed by atoms with Gasteiger partial charge in [-0.05, 0) is 42.0 Å². The van der Waals surface area contributed by atoms with Gasteiger partial charge in [0.15, 0.2) is 11.5 Å². The number of non-ortho nitro benzene ring substituents is 1. The van der Waals surface area contributed by atoms with E-state index in [0.717, 1.165) is 5.56 Å². The normalized spacial score (nSPS) is 10.6. The number of methoxy groups -OCH3 is 1. The first-order valence-electron chi connectivity index (χ1n) is 9.10. The molecule has 0 fully saturated rings. The number of benzene rings is 3. The van der Waals surface area contributed by atoms with Gasteiger partial charge in [0.05, 0.1) is 18.2 Å². The van der Waals surface area contributed by atoms with Crippen molar-refractivity contribution in [1.82, 2.24) is 5.43 Å². The molecule has 1 amide bonds. The molecule has 31 heavy (non-hydrogen) atoms. The van der Waals surface area contributed by atoms with Crippen molar-refractivity contribution in [2.75, 3.05) is 7.11 Å². The summed E-state index contributed by atoms with van der Waals surface area (Å²) in [4.78, 5) is 22.2. The fourth-order valence-corrected chi connectivity index (χ4v) is 2.81. The molecular weight excluding hydrogens is 422 g/mol. The number of halogens is 1. The SMILES string of the molecule is COc1cc(/C=N\NC(=O)c2ccc([N+](=O)[O-])cc2)ccc1OCc1ccccc1Cl. The molecule has 0 saturated carbocycles. The fraction of sp³-hybridized carbons (Fsp3) is 0.0909. The van der Waals surface area contributed by atoms with E-state index in [-0.39, 0.29) is 17.9 Å². The third-order valence-electron chi connectivity index (χ3n) is 4.25. The topological polar surface area (TPSA) is 103 Å². The summed E-state index contributed by atoms with van der Waals surface area (Å²) < 4.78 is 11.2. The lowest BCUT2D eigenvalue weighted by Gasteiger charge is -2.12. The third-order valence-corrected chi connectivity index (χ3v) is 4.62. The number of nitro groups is 1. The minimum atomic E-state index is -0.533. The van der Waals surface area contributed by atoms with Crippen LogP contribution >= 0.6 is 11.6 Å². The van der Waals surface area contributed by atoms with Crippen LogP contribution in [-0.2, 0) is 6.61 Å². The fourth-order valence-electron chi connectivity index (χ4n) is 2.62. The number of hydrazone groups is 1. The maximum atomic E-state index is 12.1. The van der Waals surface area contributed by atoms with Gasteiger partial charge in [0, 0.05) is 28.3 Å². The molecular formula is C22H18ClN3O5. The van der Waals surface area contributed by atoms with E-state index in [9.17, 15) is 14.9 Å². The molecule has 9 heteroatoms. The van der Waals surface area contributed by atoms with E-state index in [2.05, 4.69) is 10.5 Å². The van der Waals surface area contributed by atoms with Crippen molar-refractivity contribution in [3.63, 3.8) is 0 Å². The van der Waals surface area contributed by atoms with Gasteiger partial charge in [-0.15, -0.1) is 0 Å². The molecule has 0 heterocycles. The summed E-state index contributed by atoms with van der Waals surface area (Å²) in [5.41, 5.74) is 4.06. The number of carbonyl (C=O) groups is 1. The predicted octanol–water partition coefficient (Wildman–Crippen LogP) is 4.60. The van der Waals surface area contributed by atoms with Crippen LogP contribution in [0.4, 0.5) is 5.69 Å². The van der Waals surface area contributed by atoms with E-state index in [0.29, 0.717) is 22.1 Å². The number of ether oxygens (including phenoxy) is 2. The predicted molar refractivity (Wildman–Crippen MR) is 117 cm³/mol. The first-order chi connectivity index (χ1) is 15.0. The van der Waals surface area contributed by atoms with Crippen molar-refractivity contribution < 1.29 is 19.2 Å². The average Bonchev–Trinajstić information content (AvgIpc) is 2.79. The van der Waals surface area contributed by atoms with E-state index in [1.165, 1.54) is 37.6 Å². The Morgan fingerprint density at radius 2 is 1.87 bits per heavy atom. The number of hydrogen-bond donors (Lipinski definition) is 1. The lowest BCUT2D eigenvalue weighted by Crippen LogP contribution is -2.17. The smallest absolute Gasteiger partial charge is 0.271 e. The minimum absolute atomic E-state index is 0.0935. The molecule has 0 bridgehead atoms. The molecule has 158 valence electrons. The summed E-state index contributed by atoms with van der Waals surface area (Å²) in [5.74, 6) is 0.546. The van der Waals surface area contributed by atoms with Crippen LogP contribution < -0.4 is 14.9 Å². The zero-order chi connectivity index (χ0) is 22.2. The van der Waals surface area contributed by atoms with Crippen LogP contribution in [0.15, 0.2) is 71.8 Å². The highest BCUT2D eigenvalue weighted by molar-refractivity contribution is 6.31. The van der Waals surface area contributed by atoms with Crippen LogP contribution in [0.1, 0.15) is 21.5 Å². The lowest BCUT2D eigenvalue weighted by molar-refractivity contribution is -0.384. The number of hydrogen-bond acceptors (Lipinski definition) is 6. The zero-order valence-electron chi connectivity index (χ0n) is 16.4. The third kappa shape index (κ3) is 5.80. The van der Waals surface area contributed by atoms with Gasteiger partial charge in [-0.3, -0.25) is 14.9 Å². The highest BCUT2D eigenvalue weighted by atomic mass is 35.5. The Labute approximate surface area is 183 Å². The molecule has 0 aliphatic carbocycles. The monoisotopic (exact) mass is 439 g/mol. The maximum absolute atomic E-state index is 12.1. The summed E-state index contributed by atoms with van der Waals surface area (Å²) in [7, 11) is 1.52. The van der Waals surface area contributed by atoms with Crippen molar-refractivity contribution in [1.29, 1.82) is 0 Å². The standard InChI is InChI=1S/C22H18ClN3O5/c1-30-21-12-15(6-11-20(21)31-14-17-4-2-3-5-19(17)23)13-24-25-22(27)16-7-9-18(10-8-16)26(28)29/h2-13H,14H2,1H3,(H,25,27)/b24-13-. The Morgan fingerprint density at radius 3 is 2.55 bits per heavy atom. The average molecular weight is 440 g/mol. The largest absolute Gasteiger partial charge is 0.493 e. The second-order valence-corrected chi connectivity index (χ2v) is 6.70. The summed E-state index contributed by atoms with van der Waals surface area (Å²) in [6, 6.07) is 17.8. The maximum Gasteiger partial charge on any atom is 0.271 e. The molecule has 3 aromatic rings. The van der Waals surface area contributed by atoms with Gasteiger partial charge in [-0.25, -0.2) is 5.43 Å². The summed E-state index contributed by atoms with van der Waals surface area (Å²) >= 11 is 6.14. The molecule has 0 aromatic heterocycles. The van der Waals surface area contributed by atoms with Crippen LogP contribution in [0.2, 0.25) is 5.02 Å². The Morgan fingerprint density at radius 1 is 1.13 bits per heavy atom. The second-order valence-electron chi connectivity index (χ2n) is 6.29. The van der Waals surface area contributed by atoms with Gasteiger partial charge >= 0.3 is 0 Å². The summed E-state index contributed by atoms with van der Waals surface area (Å²) in [6.07, 6.45) is 1.45. The molecule has 0 aliphatic rings. The van der Waals surface area contributed by atoms with Crippen LogP contribution in [0.3, 0.4) is 0 Å². The van der Waals surface area contributed by atoms with Crippen molar-refractivity contribution in [3.8, 4) is 11.5 Å². The molecule has 1 N–H and O–H groups in total. The molecule has 0 aliphatic heterocycles.